The summed E-state index contributed by atoms with van der Waals surface area (Å²) < 4.78 is 5.52. The summed E-state index contributed by atoms with van der Waals surface area (Å²) in [6, 6.07) is 16.5. The zero-order chi connectivity index (χ0) is 23.6. The molecule has 0 aliphatic heterocycles. The van der Waals surface area contributed by atoms with E-state index in [4.69, 9.17) is 9.84 Å². The number of benzene rings is 2. The number of alkyl carbamates (subject to hydrolysis) is 1. The van der Waals surface area contributed by atoms with E-state index in [1.54, 1.807) is 11.9 Å². The zero-order valence-corrected chi connectivity index (χ0v) is 19.1. The first-order valence-corrected chi connectivity index (χ1v) is 11.5. The van der Waals surface area contributed by atoms with E-state index in [1.165, 1.54) is 22.3 Å². The van der Waals surface area contributed by atoms with Gasteiger partial charge in [0.05, 0.1) is 0 Å². The summed E-state index contributed by atoms with van der Waals surface area (Å²) in [5.74, 6) is -0.786. The Kier molecular flexibility index (Phi) is 8.87. The monoisotopic (exact) mass is 452 g/mol. The van der Waals surface area contributed by atoms with Crippen LogP contribution in [-0.4, -0.2) is 54.7 Å². The Morgan fingerprint density at radius 2 is 1.55 bits per heavy atom. The zero-order valence-electron chi connectivity index (χ0n) is 19.1. The van der Waals surface area contributed by atoms with Crippen molar-refractivity contribution in [2.75, 3.05) is 26.7 Å². The van der Waals surface area contributed by atoms with E-state index < -0.39 is 12.1 Å². The molecule has 0 bridgehead atoms. The van der Waals surface area contributed by atoms with E-state index in [-0.39, 0.29) is 18.2 Å². The van der Waals surface area contributed by atoms with Gasteiger partial charge in [-0.2, -0.15) is 0 Å². The first kappa shape index (κ1) is 24.3. The maximum Gasteiger partial charge on any atom is 0.407 e. The molecule has 7 nitrogen and oxygen atoms in total. The van der Waals surface area contributed by atoms with Crippen LogP contribution in [0.4, 0.5) is 4.79 Å². The van der Waals surface area contributed by atoms with Gasteiger partial charge in [0.25, 0.3) is 0 Å². The van der Waals surface area contributed by atoms with Gasteiger partial charge in [0.15, 0.2) is 0 Å². The lowest BCUT2D eigenvalue weighted by Crippen LogP contribution is -2.28. The van der Waals surface area contributed by atoms with Gasteiger partial charge < -0.3 is 20.1 Å². The second-order valence-corrected chi connectivity index (χ2v) is 8.38. The topological polar surface area (TPSA) is 95.9 Å². The average molecular weight is 453 g/mol. The fourth-order valence-corrected chi connectivity index (χ4v) is 4.20. The number of carbonyl (C=O) groups is 3. The SMILES string of the molecule is CN(CCCC(=O)O)C(=O)CCCCCNC(=O)OCC1c2ccccc2-c2ccccc21. The number of rotatable bonds is 12. The molecule has 3 rings (SSSR count). The molecular formula is C26H32N2O5. The normalized spacial score (nSPS) is 12.0. The standard InChI is InChI=1S/C26H32N2O5/c1-28(17-9-15-25(30)31)24(29)14-3-2-8-16-27-26(32)33-18-23-21-12-6-4-10-19(21)20-11-5-7-13-22(20)23/h4-7,10-13,23H,2-3,8-9,14-18H2,1H3,(H,27,32)(H,30,31). The van der Waals surface area contributed by atoms with Crippen molar-refractivity contribution in [3.8, 4) is 11.1 Å². The van der Waals surface area contributed by atoms with E-state index in [9.17, 15) is 14.4 Å². The number of carboxylic acids is 1. The van der Waals surface area contributed by atoms with E-state index in [2.05, 4.69) is 29.6 Å². The van der Waals surface area contributed by atoms with Crippen LogP contribution in [0.15, 0.2) is 48.5 Å². The van der Waals surface area contributed by atoms with Crippen molar-refractivity contribution < 1.29 is 24.2 Å². The predicted octanol–water partition coefficient (Wildman–Crippen LogP) is 4.41. The number of amides is 2. The second kappa shape index (κ2) is 12.0. The number of hydrogen-bond acceptors (Lipinski definition) is 4. The molecule has 0 saturated heterocycles. The average Bonchev–Trinajstić information content (AvgIpc) is 3.13. The quantitative estimate of drug-likeness (QED) is 0.465. The smallest absolute Gasteiger partial charge is 0.407 e. The third-order valence-electron chi connectivity index (χ3n) is 5.99. The van der Waals surface area contributed by atoms with Gasteiger partial charge in [-0.15, -0.1) is 0 Å². The fraction of sp³-hybridized carbons (Fsp3) is 0.423. The number of carboxylic acid groups (broad SMARTS) is 1. The van der Waals surface area contributed by atoms with E-state index in [0.29, 0.717) is 32.5 Å². The summed E-state index contributed by atoms with van der Waals surface area (Å²) >= 11 is 0. The molecule has 0 atom stereocenters. The summed E-state index contributed by atoms with van der Waals surface area (Å²) in [6.45, 7) is 1.25. The lowest BCUT2D eigenvalue weighted by Gasteiger charge is -2.16. The first-order valence-electron chi connectivity index (χ1n) is 11.5. The van der Waals surface area contributed by atoms with E-state index in [0.717, 1.165) is 19.3 Å². The molecule has 2 N–H and O–H groups in total. The highest BCUT2D eigenvalue weighted by Gasteiger charge is 2.28. The maximum absolute atomic E-state index is 12.2. The minimum Gasteiger partial charge on any atom is -0.481 e. The number of hydrogen-bond donors (Lipinski definition) is 2. The molecule has 0 fully saturated rings. The molecule has 33 heavy (non-hydrogen) atoms. The predicted molar refractivity (Wildman–Crippen MR) is 126 cm³/mol. The second-order valence-electron chi connectivity index (χ2n) is 8.38. The molecule has 1 aliphatic carbocycles. The summed E-state index contributed by atoms with van der Waals surface area (Å²) in [7, 11) is 1.70. The summed E-state index contributed by atoms with van der Waals surface area (Å²) in [5, 5.41) is 11.4. The Labute approximate surface area is 194 Å². The number of unbranched alkanes of at least 4 members (excludes halogenated alkanes) is 2. The summed E-state index contributed by atoms with van der Waals surface area (Å²) in [4.78, 5) is 36.3. The third-order valence-corrected chi connectivity index (χ3v) is 5.99. The Morgan fingerprint density at radius 1 is 0.909 bits per heavy atom. The van der Waals surface area contributed by atoms with Crippen molar-refractivity contribution in [2.45, 2.75) is 44.4 Å². The van der Waals surface area contributed by atoms with Gasteiger partial charge in [-0.1, -0.05) is 55.0 Å². The van der Waals surface area contributed by atoms with Crippen molar-refractivity contribution >= 4 is 18.0 Å². The molecule has 2 aromatic carbocycles. The lowest BCUT2D eigenvalue weighted by molar-refractivity contribution is -0.138. The molecule has 2 amide bonds. The van der Waals surface area contributed by atoms with Gasteiger partial charge in [0.1, 0.15) is 6.61 Å². The van der Waals surface area contributed by atoms with Crippen LogP contribution in [-0.2, 0) is 14.3 Å². The number of carbonyl (C=O) groups excluding carboxylic acids is 2. The highest BCUT2D eigenvalue weighted by molar-refractivity contribution is 5.79. The van der Waals surface area contributed by atoms with Gasteiger partial charge in [-0.3, -0.25) is 9.59 Å². The molecule has 0 saturated carbocycles. The molecule has 7 heteroatoms. The van der Waals surface area contributed by atoms with Crippen LogP contribution in [0.3, 0.4) is 0 Å². The first-order chi connectivity index (χ1) is 16.0. The molecule has 1 aliphatic rings. The van der Waals surface area contributed by atoms with E-state index in [1.807, 2.05) is 24.3 Å². The molecule has 0 heterocycles. The van der Waals surface area contributed by atoms with Crippen molar-refractivity contribution in [1.82, 2.24) is 10.2 Å². The van der Waals surface area contributed by atoms with Gasteiger partial charge in [0.2, 0.25) is 5.91 Å². The van der Waals surface area contributed by atoms with Crippen LogP contribution in [0.1, 0.15) is 55.6 Å². The van der Waals surface area contributed by atoms with Gasteiger partial charge in [-0.25, -0.2) is 4.79 Å². The lowest BCUT2D eigenvalue weighted by atomic mass is 9.98. The van der Waals surface area contributed by atoms with E-state index >= 15 is 0 Å². The number of aliphatic carboxylic acids is 1. The minimum atomic E-state index is -0.847. The van der Waals surface area contributed by atoms with Crippen LogP contribution in [0.2, 0.25) is 0 Å². The summed E-state index contributed by atoms with van der Waals surface area (Å²) in [5.41, 5.74) is 4.77. The Balaban J connectivity index is 1.31. The molecule has 0 aromatic heterocycles. The number of nitrogens with one attached hydrogen (secondary N) is 1. The fourth-order valence-electron chi connectivity index (χ4n) is 4.20. The Bertz CT molecular complexity index is 929. The highest BCUT2D eigenvalue weighted by atomic mass is 16.5. The number of ether oxygens (including phenoxy) is 1. The van der Waals surface area contributed by atoms with Crippen molar-refractivity contribution in [1.29, 1.82) is 0 Å². The number of fused-ring (bicyclic) bond motifs is 3. The maximum atomic E-state index is 12.2. The molecule has 2 aromatic rings. The van der Waals surface area contributed by atoms with Crippen LogP contribution >= 0.6 is 0 Å². The van der Waals surface area contributed by atoms with Crippen molar-refractivity contribution in [2.24, 2.45) is 0 Å². The van der Waals surface area contributed by atoms with Crippen LogP contribution in [0.25, 0.3) is 11.1 Å². The molecule has 176 valence electrons. The third kappa shape index (κ3) is 6.81. The summed E-state index contributed by atoms with van der Waals surface area (Å²) in [6.07, 6.45) is 2.84. The largest absolute Gasteiger partial charge is 0.481 e. The highest BCUT2D eigenvalue weighted by Crippen LogP contribution is 2.44. The molecule has 0 radical (unpaired) electrons. The Morgan fingerprint density at radius 3 is 2.18 bits per heavy atom. The molecule has 0 unspecified atom stereocenters. The van der Waals surface area contributed by atoms with Gasteiger partial charge in [-0.05, 0) is 41.5 Å². The minimum absolute atomic E-state index is 0.0184. The van der Waals surface area contributed by atoms with Crippen LogP contribution < -0.4 is 5.32 Å². The van der Waals surface area contributed by atoms with Gasteiger partial charge in [0, 0.05) is 38.9 Å². The Hall–Kier alpha value is -3.35. The van der Waals surface area contributed by atoms with Gasteiger partial charge >= 0.3 is 12.1 Å². The van der Waals surface area contributed by atoms with Crippen molar-refractivity contribution in [3.05, 3.63) is 59.7 Å². The van der Waals surface area contributed by atoms with Crippen molar-refractivity contribution in [3.63, 3.8) is 0 Å². The number of nitrogens with zero attached hydrogens (tertiary/aromatic N) is 1. The molecular weight excluding hydrogens is 420 g/mol. The molecule has 0 spiro atoms. The van der Waals surface area contributed by atoms with Crippen LogP contribution in [0.5, 0.6) is 0 Å². The van der Waals surface area contributed by atoms with Crippen LogP contribution in [0, 0.1) is 0 Å².